The van der Waals surface area contributed by atoms with E-state index in [4.69, 9.17) is 0 Å². The van der Waals surface area contributed by atoms with Crippen LogP contribution in [0.3, 0.4) is 0 Å². The fourth-order valence-electron chi connectivity index (χ4n) is 6.66. The molecule has 2 unspecified atom stereocenters. The molecule has 0 spiro atoms. The first-order valence-corrected chi connectivity index (χ1v) is 14.4. The van der Waals surface area contributed by atoms with Crippen LogP contribution in [0.5, 0.6) is 0 Å². The third kappa shape index (κ3) is 5.12. The summed E-state index contributed by atoms with van der Waals surface area (Å²) in [6.45, 7) is 11.6. The van der Waals surface area contributed by atoms with Crippen molar-refractivity contribution in [3.63, 3.8) is 0 Å². The van der Waals surface area contributed by atoms with Gasteiger partial charge in [0, 0.05) is 46.7 Å². The number of halogens is 2. The van der Waals surface area contributed by atoms with Gasteiger partial charge in [-0.2, -0.15) is 18.1 Å². The second kappa shape index (κ2) is 12.5. The minimum atomic E-state index is 0. The molecular weight excluding hydrogens is 639 g/mol. The van der Waals surface area contributed by atoms with E-state index in [-0.39, 0.29) is 56.9 Å². The molecule has 0 saturated carbocycles. The van der Waals surface area contributed by atoms with E-state index in [2.05, 4.69) is 131 Å². The first-order valence-electron chi connectivity index (χ1n) is 13.6. The van der Waals surface area contributed by atoms with Crippen LogP contribution in [0.25, 0.3) is 32.9 Å². The number of hydrogen-bond acceptors (Lipinski definition) is 1. The Bertz CT molecular complexity index is 1740. The second-order valence-corrected chi connectivity index (χ2v) is 12.1. The molecular formula is C37H33Cl2SZr-. The van der Waals surface area contributed by atoms with E-state index in [0.717, 1.165) is 0 Å². The molecule has 4 aromatic rings. The Hall–Kier alpha value is -2.35. The van der Waals surface area contributed by atoms with E-state index in [9.17, 15) is 0 Å². The summed E-state index contributed by atoms with van der Waals surface area (Å²) in [7, 11) is 0. The van der Waals surface area contributed by atoms with Crippen LogP contribution in [0, 0.1) is 18.3 Å². The van der Waals surface area contributed by atoms with Gasteiger partial charge >= 0.3 is 0 Å². The van der Waals surface area contributed by atoms with Crippen LogP contribution in [0.2, 0.25) is 0 Å². The average molecular weight is 672 g/mol. The molecule has 0 fully saturated rings. The maximum absolute atomic E-state index is 4.54. The van der Waals surface area contributed by atoms with E-state index in [1.807, 2.05) is 11.3 Å². The summed E-state index contributed by atoms with van der Waals surface area (Å²) in [4.78, 5) is 1.43. The predicted molar refractivity (Wildman–Crippen MR) is 179 cm³/mol. The Morgan fingerprint density at radius 1 is 0.829 bits per heavy atom. The maximum atomic E-state index is 4.54. The Morgan fingerprint density at radius 3 is 2.20 bits per heavy atom. The van der Waals surface area contributed by atoms with E-state index < -0.39 is 0 Å². The van der Waals surface area contributed by atoms with E-state index in [0.29, 0.717) is 11.8 Å². The molecule has 4 heteroatoms. The standard InChI is InChI=1S/C37H31S.2ClH.Zr/c1-22(2)29-21-27-19-18-23(3)32(26-14-9-6-10-15-26)34(27)36(29)33-24(4)20-30-35-28(25-12-7-5-8-13-25)16-11-17-31(35)38-37(30)33;;;/h5-22,29,32H,3H2,1-2,4H3;2*1H;/q-1;;;. The largest absolute Gasteiger partial charge is 0.187 e. The van der Waals surface area contributed by atoms with Crippen LogP contribution in [0.4, 0.5) is 0 Å². The quantitative estimate of drug-likeness (QED) is 0.190. The van der Waals surface area contributed by atoms with Crippen molar-refractivity contribution in [2.75, 3.05) is 0 Å². The summed E-state index contributed by atoms with van der Waals surface area (Å²) in [6, 6.07) is 28.5. The zero-order valence-corrected chi connectivity index (χ0v) is 28.4. The van der Waals surface area contributed by atoms with Crippen LogP contribution in [0.15, 0.2) is 125 Å². The molecule has 3 aliphatic carbocycles. The molecule has 0 aliphatic heterocycles. The average Bonchev–Trinajstić information content (AvgIpc) is 3.58. The molecule has 41 heavy (non-hydrogen) atoms. The molecule has 0 nitrogen and oxygen atoms in total. The summed E-state index contributed by atoms with van der Waals surface area (Å²) >= 11 is 1.96. The van der Waals surface area contributed by atoms with Gasteiger partial charge in [0.2, 0.25) is 0 Å². The number of allylic oxidation sites excluding steroid dienone is 8. The van der Waals surface area contributed by atoms with Gasteiger partial charge in [0.1, 0.15) is 0 Å². The molecule has 206 valence electrons. The van der Waals surface area contributed by atoms with Crippen molar-refractivity contribution < 1.29 is 26.2 Å². The number of rotatable bonds is 3. The van der Waals surface area contributed by atoms with Crippen LogP contribution in [-0.2, 0) is 26.2 Å². The third-order valence-corrected chi connectivity index (χ3v) is 9.56. The van der Waals surface area contributed by atoms with Crippen molar-refractivity contribution in [2.24, 2.45) is 11.8 Å². The first kappa shape index (κ1) is 31.6. The zero-order chi connectivity index (χ0) is 26.0. The summed E-state index contributed by atoms with van der Waals surface area (Å²) in [5.74, 6) is 1.07. The first-order chi connectivity index (χ1) is 18.5. The molecule has 0 amide bonds. The number of benzene rings is 3. The van der Waals surface area contributed by atoms with Crippen molar-refractivity contribution in [1.82, 2.24) is 0 Å². The van der Waals surface area contributed by atoms with Gasteiger partial charge < -0.3 is 0 Å². The molecule has 2 atom stereocenters. The topological polar surface area (TPSA) is 0 Å². The van der Waals surface area contributed by atoms with Crippen LogP contribution < -0.4 is 0 Å². The summed E-state index contributed by atoms with van der Waals surface area (Å²) in [5, 5.41) is 1.39. The summed E-state index contributed by atoms with van der Waals surface area (Å²) < 4.78 is 1.36. The Kier molecular flexibility index (Phi) is 9.62. The molecule has 1 heterocycles. The molecule has 3 aromatic carbocycles. The summed E-state index contributed by atoms with van der Waals surface area (Å²) in [5.41, 5.74) is 13.7. The second-order valence-electron chi connectivity index (χ2n) is 11.1. The van der Waals surface area contributed by atoms with Crippen molar-refractivity contribution in [3.05, 3.63) is 148 Å². The SMILES string of the molecule is C=C1C=CC2=C(C(=C3C(C)=Cc4c3sc3cccc(-c5ccccc5)c43)C(C(C)C)[CH-]2)C1c1ccccc1.Cl.Cl.[Zr]. The van der Waals surface area contributed by atoms with Gasteiger partial charge in [-0.05, 0) is 58.7 Å². The zero-order valence-electron chi connectivity index (χ0n) is 23.5. The van der Waals surface area contributed by atoms with Crippen molar-refractivity contribution in [1.29, 1.82) is 0 Å². The van der Waals surface area contributed by atoms with Gasteiger partial charge in [-0.25, -0.2) is 0 Å². The maximum Gasteiger partial charge on any atom is 0.0422 e. The van der Waals surface area contributed by atoms with Gasteiger partial charge in [-0.15, -0.1) is 47.8 Å². The smallest absolute Gasteiger partial charge is 0.0422 e. The molecule has 0 N–H and O–H groups in total. The molecule has 3 aliphatic rings. The molecule has 7 rings (SSSR count). The number of thiophene rings is 1. The number of fused-ring (bicyclic) bond motifs is 3. The number of hydrogen-bond donors (Lipinski definition) is 0. The Morgan fingerprint density at radius 2 is 1.51 bits per heavy atom. The summed E-state index contributed by atoms with van der Waals surface area (Å²) in [6.07, 6.45) is 9.50. The molecule has 0 radical (unpaired) electrons. The van der Waals surface area contributed by atoms with Crippen LogP contribution >= 0.6 is 36.2 Å². The third-order valence-electron chi connectivity index (χ3n) is 8.37. The van der Waals surface area contributed by atoms with Gasteiger partial charge in [0.15, 0.2) is 0 Å². The van der Waals surface area contributed by atoms with E-state index in [1.54, 1.807) is 0 Å². The molecule has 0 bridgehead atoms. The normalized spacial score (nSPS) is 20.6. The Labute approximate surface area is 279 Å². The molecule has 0 saturated heterocycles. The van der Waals surface area contributed by atoms with Crippen molar-refractivity contribution in [3.8, 4) is 11.1 Å². The monoisotopic (exact) mass is 669 g/mol. The minimum Gasteiger partial charge on any atom is -0.187 e. The predicted octanol–water partition coefficient (Wildman–Crippen LogP) is 11.3. The fourth-order valence-corrected chi connectivity index (χ4v) is 7.99. The van der Waals surface area contributed by atoms with E-state index >= 15 is 0 Å². The molecule has 1 aromatic heterocycles. The van der Waals surface area contributed by atoms with Gasteiger partial charge in [0.25, 0.3) is 0 Å². The van der Waals surface area contributed by atoms with Crippen LogP contribution in [-0.4, -0.2) is 0 Å². The van der Waals surface area contributed by atoms with Crippen molar-refractivity contribution in [2.45, 2.75) is 26.7 Å². The van der Waals surface area contributed by atoms with E-state index in [1.165, 1.54) is 70.7 Å². The van der Waals surface area contributed by atoms with Crippen LogP contribution in [0.1, 0.15) is 42.7 Å². The van der Waals surface area contributed by atoms with Gasteiger partial charge in [-0.1, -0.05) is 110 Å². The van der Waals surface area contributed by atoms with Gasteiger partial charge in [0.05, 0.1) is 0 Å². The minimum absolute atomic E-state index is 0. The van der Waals surface area contributed by atoms with Gasteiger partial charge in [-0.3, -0.25) is 0 Å². The fraction of sp³-hybridized carbons (Fsp3) is 0.162. The Balaban J connectivity index is 0.00000129. The van der Waals surface area contributed by atoms with Crippen molar-refractivity contribution >= 4 is 57.9 Å².